The Bertz CT molecular complexity index is 2470. The molecule has 0 saturated carbocycles. The lowest BCUT2D eigenvalue weighted by Gasteiger charge is -2.17. The van der Waals surface area contributed by atoms with Crippen LogP contribution in [0.25, 0.3) is 54.0 Å². The van der Waals surface area contributed by atoms with Crippen molar-refractivity contribution in [2.45, 2.75) is 6.54 Å². The average molecular weight is 553 g/mol. The third-order valence-corrected chi connectivity index (χ3v) is 8.18. The number of amides is 2. The number of aryl methyl sites for hydroxylation is 1. The normalized spacial score (nSPS) is 13.2. The predicted octanol–water partition coefficient (Wildman–Crippen LogP) is 5.08. The zero-order valence-electron chi connectivity index (χ0n) is 21.9. The molecule has 0 saturated heterocycles. The predicted molar refractivity (Wildman–Crippen MR) is 154 cm³/mol. The highest BCUT2D eigenvalue weighted by molar-refractivity contribution is 6.30. The number of aromatic amines is 1. The molecule has 7 aromatic rings. The largest absolute Gasteiger partial charge is 0.275 e. The van der Waals surface area contributed by atoms with Crippen LogP contribution in [0.5, 0.6) is 0 Å². The van der Waals surface area contributed by atoms with Gasteiger partial charge in [-0.15, -0.1) is 0 Å². The first-order valence-electron chi connectivity index (χ1n) is 13.1. The van der Waals surface area contributed by atoms with Crippen LogP contribution in [0.2, 0.25) is 0 Å². The molecule has 0 fully saturated rings. The van der Waals surface area contributed by atoms with Crippen molar-refractivity contribution in [3.05, 3.63) is 105 Å². The van der Waals surface area contributed by atoms with Gasteiger partial charge in [0.25, 0.3) is 17.4 Å². The molecule has 1 aliphatic heterocycles. The molecule has 3 heterocycles. The third-order valence-electron chi connectivity index (χ3n) is 8.18. The van der Waals surface area contributed by atoms with Crippen molar-refractivity contribution in [3.63, 3.8) is 0 Å². The molecule has 0 spiro atoms. The first-order valence-corrected chi connectivity index (χ1v) is 13.1. The lowest BCUT2D eigenvalue weighted by molar-refractivity contribution is 0.0640. The summed E-state index contributed by atoms with van der Waals surface area (Å²) >= 11 is 0. The van der Waals surface area contributed by atoms with Crippen molar-refractivity contribution >= 4 is 65.8 Å². The van der Waals surface area contributed by atoms with E-state index in [4.69, 9.17) is 0 Å². The number of rotatable bonds is 2. The Morgan fingerprint density at radius 3 is 2.31 bits per heavy atom. The molecule has 1 aliphatic rings. The van der Waals surface area contributed by atoms with E-state index in [9.17, 15) is 19.6 Å². The van der Waals surface area contributed by atoms with Gasteiger partial charge in [0.05, 0.1) is 46.0 Å². The molecular weight excluding hydrogens is 535 g/mol. The molecule has 0 radical (unpaired) electrons. The Hall–Kier alpha value is -5.95. The van der Waals surface area contributed by atoms with E-state index >= 15 is 4.39 Å². The molecule has 9 nitrogen and oxygen atoms in total. The van der Waals surface area contributed by atoms with Crippen molar-refractivity contribution in [2.24, 2.45) is 7.05 Å². The van der Waals surface area contributed by atoms with Gasteiger partial charge in [-0.05, 0) is 40.4 Å². The highest BCUT2D eigenvalue weighted by Crippen LogP contribution is 2.42. The smallest absolute Gasteiger partial charge is 0.269 e. The van der Waals surface area contributed by atoms with Crippen LogP contribution in [0.3, 0.4) is 0 Å². The van der Waals surface area contributed by atoms with Gasteiger partial charge < -0.3 is 0 Å². The zero-order chi connectivity index (χ0) is 28.9. The molecule has 0 aliphatic carbocycles. The number of carbonyl (C=O) groups is 2. The second kappa shape index (κ2) is 8.28. The fraction of sp³-hybridized carbons (Fsp3) is 0.0625. The lowest BCUT2D eigenvalue weighted by Crippen LogP contribution is -2.30. The standard InChI is InChI=1S/C32H17FN6O3/c1-38-29-23(13-35-38)19-11-20-24(14-39-31(41)17-8-4-5-9-18(17)32(39)42)36-37-30(40)27(20)28(33)25(19)21-10-15-6-2-3-7-16(15)22(12-34)26(21)29/h2-11,13H,14H2,1H3,(H,37,40). The molecule has 200 valence electrons. The van der Waals surface area contributed by atoms with Gasteiger partial charge in [0.2, 0.25) is 0 Å². The molecule has 5 aromatic carbocycles. The maximum absolute atomic E-state index is 16.8. The molecule has 0 atom stereocenters. The number of hydrogen-bond acceptors (Lipinski definition) is 6. The fourth-order valence-corrected chi connectivity index (χ4v) is 6.30. The van der Waals surface area contributed by atoms with Crippen LogP contribution >= 0.6 is 0 Å². The van der Waals surface area contributed by atoms with Crippen LogP contribution in [-0.4, -0.2) is 36.7 Å². The number of nitrogens with one attached hydrogen (secondary N) is 1. The third kappa shape index (κ3) is 2.96. The number of hydrogen-bond donors (Lipinski definition) is 1. The Morgan fingerprint density at radius 2 is 1.57 bits per heavy atom. The van der Waals surface area contributed by atoms with E-state index < -0.39 is 23.2 Å². The lowest BCUT2D eigenvalue weighted by atomic mass is 9.90. The molecular formula is C32H17FN6O3. The summed E-state index contributed by atoms with van der Waals surface area (Å²) < 4.78 is 18.4. The van der Waals surface area contributed by atoms with Crippen LogP contribution in [-0.2, 0) is 13.6 Å². The second-order valence-electron chi connectivity index (χ2n) is 10.3. The van der Waals surface area contributed by atoms with E-state index in [1.165, 1.54) is 0 Å². The van der Waals surface area contributed by atoms with Crippen LogP contribution in [0.1, 0.15) is 32.0 Å². The van der Waals surface area contributed by atoms with E-state index in [0.717, 1.165) is 15.7 Å². The Kier molecular flexibility index (Phi) is 4.71. The summed E-state index contributed by atoms with van der Waals surface area (Å²) in [4.78, 5) is 40.3. The van der Waals surface area contributed by atoms with Gasteiger partial charge in [-0.2, -0.15) is 15.5 Å². The molecule has 2 aromatic heterocycles. The topological polar surface area (TPSA) is 125 Å². The van der Waals surface area contributed by atoms with Crippen molar-refractivity contribution in [3.8, 4) is 6.07 Å². The Morgan fingerprint density at radius 1 is 0.857 bits per heavy atom. The van der Waals surface area contributed by atoms with Crippen LogP contribution in [0.15, 0.2) is 71.7 Å². The van der Waals surface area contributed by atoms with Gasteiger partial charge >= 0.3 is 0 Å². The number of imide groups is 1. The molecule has 8 rings (SSSR count). The van der Waals surface area contributed by atoms with Gasteiger partial charge in [0.1, 0.15) is 11.9 Å². The first-order chi connectivity index (χ1) is 20.4. The number of carbonyl (C=O) groups excluding carboxylic acids is 2. The summed E-state index contributed by atoms with van der Waals surface area (Å²) in [6.45, 7) is -0.266. The van der Waals surface area contributed by atoms with Gasteiger partial charge in [-0.3, -0.25) is 24.0 Å². The Balaban J connectivity index is 1.48. The second-order valence-corrected chi connectivity index (χ2v) is 10.3. The SMILES string of the molecule is Cn1ncc2c3cc4c(CN5C(=O)c6ccccc6C5=O)n[nH]c(=O)c4c(F)c3c3cc4ccccc4c(C#N)c3c21. The van der Waals surface area contributed by atoms with Gasteiger partial charge in [0.15, 0.2) is 0 Å². The van der Waals surface area contributed by atoms with Crippen LogP contribution < -0.4 is 5.56 Å². The number of nitriles is 1. The Labute approximate surface area is 235 Å². The highest BCUT2D eigenvalue weighted by atomic mass is 19.1. The van der Waals surface area contributed by atoms with E-state index in [1.807, 2.05) is 30.3 Å². The van der Waals surface area contributed by atoms with E-state index in [0.29, 0.717) is 32.6 Å². The minimum Gasteiger partial charge on any atom is -0.269 e. The number of benzene rings is 5. The summed E-state index contributed by atoms with van der Waals surface area (Å²) in [5.74, 6) is -1.77. The summed E-state index contributed by atoms with van der Waals surface area (Å²) in [5.41, 5.74) is 0.977. The van der Waals surface area contributed by atoms with Crippen molar-refractivity contribution < 1.29 is 14.0 Å². The van der Waals surface area contributed by atoms with Gasteiger partial charge in [-0.1, -0.05) is 36.4 Å². The number of fused-ring (bicyclic) bond motifs is 9. The summed E-state index contributed by atoms with van der Waals surface area (Å²) in [5, 5.41) is 24.8. The molecule has 42 heavy (non-hydrogen) atoms. The highest BCUT2D eigenvalue weighted by Gasteiger charge is 2.36. The van der Waals surface area contributed by atoms with Crippen molar-refractivity contribution in [1.29, 1.82) is 5.26 Å². The van der Waals surface area contributed by atoms with Crippen molar-refractivity contribution in [1.82, 2.24) is 24.9 Å². The quantitative estimate of drug-likeness (QED) is 0.181. The molecule has 10 heteroatoms. The maximum Gasteiger partial charge on any atom is 0.275 e. The molecule has 0 unspecified atom stereocenters. The minimum absolute atomic E-state index is 0.160. The molecule has 0 bridgehead atoms. The van der Waals surface area contributed by atoms with Crippen LogP contribution in [0.4, 0.5) is 4.39 Å². The summed E-state index contributed by atoms with van der Waals surface area (Å²) in [6, 6.07) is 19.7. The van der Waals surface area contributed by atoms with Gasteiger partial charge in [-0.25, -0.2) is 9.49 Å². The molecule has 2 amide bonds. The zero-order valence-corrected chi connectivity index (χ0v) is 21.9. The monoisotopic (exact) mass is 552 g/mol. The number of nitrogens with zero attached hydrogens (tertiary/aromatic N) is 5. The van der Waals surface area contributed by atoms with E-state index in [-0.39, 0.29) is 39.5 Å². The fourth-order valence-electron chi connectivity index (χ4n) is 6.30. The summed E-state index contributed by atoms with van der Waals surface area (Å²) in [6.07, 6.45) is 1.60. The van der Waals surface area contributed by atoms with E-state index in [1.54, 1.807) is 48.3 Å². The average Bonchev–Trinajstić information content (AvgIpc) is 3.50. The van der Waals surface area contributed by atoms with Crippen molar-refractivity contribution in [2.75, 3.05) is 0 Å². The molecule has 1 N–H and O–H groups in total. The minimum atomic E-state index is -0.787. The van der Waals surface area contributed by atoms with Gasteiger partial charge in [0, 0.05) is 34.0 Å². The first kappa shape index (κ1) is 23.9. The maximum atomic E-state index is 16.8. The summed E-state index contributed by atoms with van der Waals surface area (Å²) in [7, 11) is 1.75. The number of H-pyrrole nitrogens is 1. The number of halogens is 1. The van der Waals surface area contributed by atoms with E-state index in [2.05, 4.69) is 21.4 Å². The number of aromatic nitrogens is 4. The van der Waals surface area contributed by atoms with Crippen LogP contribution in [0, 0.1) is 17.1 Å².